The third-order valence-electron chi connectivity index (χ3n) is 2.49. The van der Waals surface area contributed by atoms with Gasteiger partial charge in [0.05, 0.1) is 18.4 Å². The van der Waals surface area contributed by atoms with E-state index in [1.165, 1.54) is 0 Å². The molecule has 21 heavy (non-hydrogen) atoms. The average molecular weight is 316 g/mol. The first-order valence-corrected chi connectivity index (χ1v) is 6.89. The number of nitrogens with one attached hydrogen (secondary N) is 3. The minimum absolute atomic E-state index is 0.0666. The first kappa shape index (κ1) is 17.1. The third kappa shape index (κ3) is 7.38. The number of aliphatic carboxylic acids is 1. The highest BCUT2D eigenvalue weighted by molar-refractivity contribution is 6.18. The molecule has 0 radical (unpaired) electrons. The van der Waals surface area contributed by atoms with Crippen LogP contribution in [0.25, 0.3) is 0 Å². The number of aliphatic hydroxyl groups is 1. The van der Waals surface area contributed by atoms with Crippen molar-refractivity contribution in [3.8, 4) is 0 Å². The van der Waals surface area contributed by atoms with Crippen LogP contribution in [0.4, 0.5) is 16.2 Å². The second-order valence-corrected chi connectivity index (χ2v) is 4.60. The summed E-state index contributed by atoms with van der Waals surface area (Å²) in [6, 6.07) is 6.40. The zero-order chi connectivity index (χ0) is 15.7. The number of alkyl halides is 1. The summed E-state index contributed by atoms with van der Waals surface area (Å²) in [5.41, 5.74) is 1.36. The van der Waals surface area contributed by atoms with Crippen LogP contribution in [0.15, 0.2) is 24.3 Å². The lowest BCUT2D eigenvalue weighted by molar-refractivity contribution is -0.136. The number of carbonyl (C=O) groups is 2. The molecule has 0 aromatic heterocycles. The van der Waals surface area contributed by atoms with E-state index in [9.17, 15) is 14.7 Å². The summed E-state index contributed by atoms with van der Waals surface area (Å²) in [6.07, 6.45) is -0.747. The van der Waals surface area contributed by atoms with E-state index in [0.29, 0.717) is 12.2 Å². The van der Waals surface area contributed by atoms with Crippen molar-refractivity contribution in [3.05, 3.63) is 24.3 Å². The summed E-state index contributed by atoms with van der Waals surface area (Å²) in [5, 5.41) is 25.8. The van der Waals surface area contributed by atoms with Gasteiger partial charge in [-0.25, -0.2) is 4.79 Å². The molecular formula is C13H18ClN3O4. The molecule has 1 aromatic carbocycles. The number of urea groups is 1. The molecule has 0 saturated carbocycles. The van der Waals surface area contributed by atoms with Crippen LogP contribution in [-0.2, 0) is 4.79 Å². The van der Waals surface area contributed by atoms with E-state index in [2.05, 4.69) is 16.0 Å². The van der Waals surface area contributed by atoms with E-state index >= 15 is 0 Å². The van der Waals surface area contributed by atoms with Gasteiger partial charge in [-0.3, -0.25) is 4.79 Å². The summed E-state index contributed by atoms with van der Waals surface area (Å²) in [5.74, 6) is -0.812. The van der Waals surface area contributed by atoms with Crippen LogP contribution in [0.2, 0.25) is 0 Å². The Bertz CT molecular complexity index is 467. The maximum absolute atomic E-state index is 11.5. The third-order valence-corrected chi connectivity index (χ3v) is 2.84. The Morgan fingerprint density at radius 1 is 1.19 bits per heavy atom. The topological polar surface area (TPSA) is 111 Å². The highest BCUT2D eigenvalue weighted by atomic mass is 35.5. The zero-order valence-electron chi connectivity index (χ0n) is 11.3. The summed E-state index contributed by atoms with van der Waals surface area (Å²) >= 11 is 5.48. The summed E-state index contributed by atoms with van der Waals surface area (Å²) in [4.78, 5) is 21.8. The molecule has 1 rings (SSSR count). The van der Waals surface area contributed by atoms with Gasteiger partial charge in [0.15, 0.2) is 0 Å². The molecule has 0 spiro atoms. The van der Waals surface area contributed by atoms with Gasteiger partial charge in [-0.15, -0.1) is 11.6 Å². The Morgan fingerprint density at radius 3 is 2.38 bits per heavy atom. The molecule has 1 aromatic rings. The van der Waals surface area contributed by atoms with Gasteiger partial charge in [0.2, 0.25) is 0 Å². The lowest BCUT2D eigenvalue weighted by Gasteiger charge is -2.11. The van der Waals surface area contributed by atoms with Crippen LogP contribution in [0.1, 0.15) is 6.42 Å². The monoisotopic (exact) mass is 315 g/mol. The summed E-state index contributed by atoms with van der Waals surface area (Å²) in [6.45, 7) is 0.406. The quantitative estimate of drug-likeness (QED) is 0.464. The molecular weight excluding hydrogens is 298 g/mol. The van der Waals surface area contributed by atoms with E-state index in [-0.39, 0.29) is 18.8 Å². The predicted molar refractivity (Wildman–Crippen MR) is 80.9 cm³/mol. The van der Waals surface area contributed by atoms with Gasteiger partial charge in [0.1, 0.15) is 0 Å². The van der Waals surface area contributed by atoms with Crippen LogP contribution in [0.5, 0.6) is 0 Å². The first-order chi connectivity index (χ1) is 10.0. The van der Waals surface area contributed by atoms with Crippen LogP contribution < -0.4 is 16.0 Å². The van der Waals surface area contributed by atoms with Crippen LogP contribution in [-0.4, -0.2) is 47.3 Å². The van der Waals surface area contributed by atoms with Gasteiger partial charge < -0.3 is 26.2 Å². The van der Waals surface area contributed by atoms with Crippen molar-refractivity contribution in [2.45, 2.75) is 12.5 Å². The molecule has 0 aliphatic heterocycles. The lowest BCUT2D eigenvalue weighted by Crippen LogP contribution is -2.30. The normalized spacial score (nSPS) is 11.5. The summed E-state index contributed by atoms with van der Waals surface area (Å²) in [7, 11) is 0. The molecule has 0 saturated heterocycles. The number of aliphatic hydroxyl groups excluding tert-OH is 1. The van der Waals surface area contributed by atoms with Crippen molar-refractivity contribution in [2.24, 2.45) is 0 Å². The lowest BCUT2D eigenvalue weighted by atomic mass is 10.2. The smallest absolute Gasteiger partial charge is 0.319 e. The Hall–Kier alpha value is -1.99. The van der Waals surface area contributed by atoms with Crippen molar-refractivity contribution >= 4 is 35.0 Å². The highest BCUT2D eigenvalue weighted by Gasteiger charge is 2.04. The number of carboxylic acid groups (broad SMARTS) is 1. The van der Waals surface area contributed by atoms with E-state index < -0.39 is 18.1 Å². The fraction of sp³-hybridized carbons (Fsp3) is 0.385. The average Bonchev–Trinajstić information content (AvgIpc) is 2.45. The number of benzene rings is 1. The van der Waals surface area contributed by atoms with Crippen LogP contribution in [0, 0.1) is 0 Å². The number of anilines is 2. The number of carboxylic acids is 1. The van der Waals surface area contributed by atoms with Gasteiger partial charge in [-0.1, -0.05) is 0 Å². The Kier molecular flexibility index (Phi) is 7.34. The second-order valence-electron chi connectivity index (χ2n) is 4.29. The van der Waals surface area contributed by atoms with Gasteiger partial charge in [0, 0.05) is 24.5 Å². The Labute approximate surface area is 127 Å². The maximum atomic E-state index is 11.5. The summed E-state index contributed by atoms with van der Waals surface area (Å²) < 4.78 is 0. The van der Waals surface area contributed by atoms with Crippen LogP contribution >= 0.6 is 11.6 Å². The molecule has 7 nitrogen and oxygen atoms in total. The van der Waals surface area contributed by atoms with Gasteiger partial charge in [0.25, 0.3) is 0 Å². The minimum atomic E-state index is -0.968. The molecule has 1 unspecified atom stereocenters. The van der Waals surface area contributed by atoms with Crippen LogP contribution in [0.3, 0.4) is 0 Å². The predicted octanol–water partition coefficient (Wildman–Crippen LogP) is 1.29. The second kappa shape index (κ2) is 9.04. The SMILES string of the molecule is O=C(O)CCNC(=O)Nc1ccc(NCC(O)CCl)cc1. The molecule has 8 heteroatoms. The molecule has 0 fully saturated rings. The molecule has 0 bridgehead atoms. The van der Waals surface area contributed by atoms with Crippen molar-refractivity contribution < 1.29 is 19.8 Å². The van der Waals surface area contributed by atoms with Gasteiger partial charge in [-0.2, -0.15) is 0 Å². The Morgan fingerprint density at radius 2 is 1.81 bits per heavy atom. The highest BCUT2D eigenvalue weighted by Crippen LogP contribution is 2.13. The molecule has 5 N–H and O–H groups in total. The molecule has 0 aliphatic rings. The fourth-order valence-corrected chi connectivity index (χ4v) is 1.53. The van der Waals surface area contributed by atoms with E-state index in [1.807, 2.05) is 0 Å². The first-order valence-electron chi connectivity index (χ1n) is 6.36. The number of halogens is 1. The van der Waals surface area contributed by atoms with Crippen molar-refractivity contribution in [1.82, 2.24) is 5.32 Å². The number of rotatable bonds is 8. The maximum Gasteiger partial charge on any atom is 0.319 e. The number of carbonyl (C=O) groups excluding carboxylic acids is 1. The molecule has 0 heterocycles. The zero-order valence-corrected chi connectivity index (χ0v) is 12.1. The molecule has 2 amide bonds. The van der Waals surface area contributed by atoms with Crippen molar-refractivity contribution in [3.63, 3.8) is 0 Å². The van der Waals surface area contributed by atoms with Crippen molar-refractivity contribution in [1.29, 1.82) is 0 Å². The van der Waals surface area contributed by atoms with E-state index in [1.54, 1.807) is 24.3 Å². The number of hydrogen-bond donors (Lipinski definition) is 5. The standard InChI is InChI=1S/C13H18ClN3O4/c14-7-11(18)8-16-9-1-3-10(4-2-9)17-13(21)15-6-5-12(19)20/h1-4,11,16,18H,5-8H2,(H,19,20)(H2,15,17,21). The molecule has 116 valence electrons. The largest absolute Gasteiger partial charge is 0.481 e. The molecule has 1 atom stereocenters. The van der Waals surface area contributed by atoms with Crippen molar-refractivity contribution in [2.75, 3.05) is 29.6 Å². The number of amides is 2. The minimum Gasteiger partial charge on any atom is -0.481 e. The van der Waals surface area contributed by atoms with E-state index in [4.69, 9.17) is 16.7 Å². The number of hydrogen-bond acceptors (Lipinski definition) is 4. The van der Waals surface area contributed by atoms with Gasteiger partial charge >= 0.3 is 12.0 Å². The van der Waals surface area contributed by atoms with Gasteiger partial charge in [-0.05, 0) is 24.3 Å². The van der Waals surface area contributed by atoms with E-state index in [0.717, 1.165) is 5.69 Å². The molecule has 0 aliphatic carbocycles. The fourth-order valence-electron chi connectivity index (χ4n) is 1.42. The Balaban J connectivity index is 2.36.